The number of anilines is 1. The molecule has 0 fully saturated rings. The second-order valence-corrected chi connectivity index (χ2v) is 4.53. The molecule has 132 valence electrons. The van der Waals surface area contributed by atoms with Crippen LogP contribution in [-0.4, -0.2) is 7.05 Å². The van der Waals surface area contributed by atoms with Gasteiger partial charge >= 0.3 is 0 Å². The van der Waals surface area contributed by atoms with E-state index in [0.29, 0.717) is 0 Å². The Labute approximate surface area is 146 Å². The third-order valence-corrected chi connectivity index (χ3v) is 3.52. The molecule has 1 heteroatoms. The van der Waals surface area contributed by atoms with Gasteiger partial charge in [0.1, 0.15) is 0 Å². The van der Waals surface area contributed by atoms with E-state index in [1.165, 1.54) is 23.4 Å². The first-order valence-corrected chi connectivity index (χ1v) is 9.44. The third-order valence-electron chi connectivity index (χ3n) is 3.52. The van der Waals surface area contributed by atoms with E-state index in [0.717, 1.165) is 12.8 Å². The van der Waals surface area contributed by atoms with Gasteiger partial charge in [0.15, 0.2) is 0 Å². The van der Waals surface area contributed by atoms with Gasteiger partial charge in [0.2, 0.25) is 0 Å². The standard InChI is InChI=1S/C16H21N.3C2H6/c1-4-8-15-13(5-2)11-12-14-9-6-7-10-16(14)17(15)3;3*1-2/h4,6-10H,5,11-12H2,1-3H3;3*1-2H3/b8-4-;;;. The first-order chi connectivity index (χ1) is 11.3. The number of para-hydroxylation sites is 1. The van der Waals surface area contributed by atoms with Gasteiger partial charge < -0.3 is 4.90 Å². The number of rotatable bonds is 2. The smallest absolute Gasteiger partial charge is 0.0440 e. The molecule has 2 rings (SSSR count). The predicted molar refractivity (Wildman–Crippen MR) is 109 cm³/mol. The molecule has 1 aromatic rings. The molecule has 0 spiro atoms. The summed E-state index contributed by atoms with van der Waals surface area (Å²) >= 11 is 0. The van der Waals surface area contributed by atoms with Crippen LogP contribution in [-0.2, 0) is 6.42 Å². The van der Waals surface area contributed by atoms with E-state index in [1.54, 1.807) is 5.57 Å². The van der Waals surface area contributed by atoms with E-state index < -0.39 is 0 Å². The Morgan fingerprint density at radius 1 is 0.957 bits per heavy atom. The number of fused-ring (bicyclic) bond motifs is 1. The van der Waals surface area contributed by atoms with Crippen molar-refractivity contribution < 1.29 is 0 Å². The first-order valence-electron chi connectivity index (χ1n) is 9.44. The van der Waals surface area contributed by atoms with Crippen LogP contribution in [0.15, 0.2) is 47.7 Å². The number of hydrogen-bond acceptors (Lipinski definition) is 1. The third kappa shape index (κ3) is 7.07. The summed E-state index contributed by atoms with van der Waals surface area (Å²) in [4.78, 5) is 2.33. The van der Waals surface area contributed by atoms with Crippen molar-refractivity contribution in [3.63, 3.8) is 0 Å². The summed E-state index contributed by atoms with van der Waals surface area (Å²) < 4.78 is 0. The summed E-state index contributed by atoms with van der Waals surface area (Å²) in [7, 11) is 2.18. The number of nitrogens with zero attached hydrogens (tertiary/aromatic N) is 1. The monoisotopic (exact) mass is 317 g/mol. The molecular formula is C22H39N. The van der Waals surface area contributed by atoms with Crippen LogP contribution < -0.4 is 4.90 Å². The normalized spacial score (nSPS) is 12.8. The predicted octanol–water partition coefficient (Wildman–Crippen LogP) is 7.39. The summed E-state index contributed by atoms with van der Waals surface area (Å²) in [5.41, 5.74) is 5.74. The summed E-state index contributed by atoms with van der Waals surface area (Å²) in [5.74, 6) is 0. The number of allylic oxidation sites excluding steroid dienone is 3. The molecule has 0 unspecified atom stereocenters. The van der Waals surface area contributed by atoms with Crippen LogP contribution in [0.4, 0.5) is 5.69 Å². The van der Waals surface area contributed by atoms with E-state index in [4.69, 9.17) is 0 Å². The van der Waals surface area contributed by atoms with E-state index in [1.807, 2.05) is 41.5 Å². The lowest BCUT2D eigenvalue weighted by molar-refractivity contribution is 0.883. The summed E-state index contributed by atoms with van der Waals surface area (Å²) in [6.07, 6.45) is 7.84. The lowest BCUT2D eigenvalue weighted by Gasteiger charge is -2.23. The second kappa shape index (κ2) is 15.4. The molecule has 0 amide bonds. The molecule has 0 saturated carbocycles. The molecule has 0 saturated heterocycles. The Balaban J connectivity index is 0. The topological polar surface area (TPSA) is 3.24 Å². The van der Waals surface area contributed by atoms with Gasteiger partial charge in [0.05, 0.1) is 0 Å². The molecule has 1 nitrogen and oxygen atoms in total. The Hall–Kier alpha value is -1.50. The molecular weight excluding hydrogens is 278 g/mol. The maximum atomic E-state index is 2.33. The van der Waals surface area contributed by atoms with Gasteiger partial charge in [-0.15, -0.1) is 0 Å². The fraction of sp³-hybridized carbons (Fsp3) is 0.545. The Bertz CT molecular complexity index is 455. The lowest BCUT2D eigenvalue weighted by Crippen LogP contribution is -2.16. The van der Waals surface area contributed by atoms with Crippen LogP contribution in [0.25, 0.3) is 0 Å². The maximum Gasteiger partial charge on any atom is 0.0440 e. The molecule has 0 aromatic heterocycles. The molecule has 1 heterocycles. The van der Waals surface area contributed by atoms with E-state index in [-0.39, 0.29) is 0 Å². The van der Waals surface area contributed by atoms with Crippen molar-refractivity contribution in [2.45, 2.75) is 74.7 Å². The molecule has 1 aromatic carbocycles. The van der Waals surface area contributed by atoms with Crippen LogP contribution in [0, 0.1) is 0 Å². The highest BCUT2D eigenvalue weighted by Gasteiger charge is 2.16. The highest BCUT2D eigenvalue weighted by atomic mass is 15.1. The number of aryl methyl sites for hydroxylation is 1. The minimum Gasteiger partial charge on any atom is -0.344 e. The quantitative estimate of drug-likeness (QED) is 0.549. The highest BCUT2D eigenvalue weighted by Crippen LogP contribution is 2.32. The van der Waals surface area contributed by atoms with Crippen molar-refractivity contribution in [2.75, 3.05) is 11.9 Å². The van der Waals surface area contributed by atoms with E-state index in [2.05, 4.69) is 62.2 Å². The SMILES string of the molecule is C/C=C\C1=C(CC)CCc2ccccc2N1C.CC.CC.CC. The zero-order valence-corrected chi connectivity index (χ0v) is 17.0. The van der Waals surface area contributed by atoms with Gasteiger partial charge in [-0.2, -0.15) is 0 Å². The average Bonchev–Trinajstić information content (AvgIpc) is 2.78. The highest BCUT2D eigenvalue weighted by molar-refractivity contribution is 5.61. The van der Waals surface area contributed by atoms with Crippen LogP contribution in [0.1, 0.15) is 73.8 Å². The molecule has 0 bridgehead atoms. The second-order valence-electron chi connectivity index (χ2n) is 4.53. The largest absolute Gasteiger partial charge is 0.344 e. The average molecular weight is 318 g/mol. The van der Waals surface area contributed by atoms with Gasteiger partial charge in [0, 0.05) is 18.4 Å². The minimum atomic E-state index is 1.14. The maximum absolute atomic E-state index is 2.33. The zero-order chi connectivity index (χ0) is 18.3. The van der Waals surface area contributed by atoms with Crippen molar-refractivity contribution in [3.8, 4) is 0 Å². The molecule has 0 radical (unpaired) electrons. The number of likely N-dealkylation sites (N-methyl/N-ethyl adjacent to an activating group) is 1. The van der Waals surface area contributed by atoms with Gasteiger partial charge in [0.25, 0.3) is 0 Å². The molecule has 1 aliphatic rings. The van der Waals surface area contributed by atoms with Crippen LogP contribution >= 0.6 is 0 Å². The van der Waals surface area contributed by atoms with Gasteiger partial charge in [-0.25, -0.2) is 0 Å². The Morgan fingerprint density at radius 3 is 2.04 bits per heavy atom. The van der Waals surface area contributed by atoms with Crippen molar-refractivity contribution in [3.05, 3.63) is 53.3 Å². The first kappa shape index (κ1) is 23.8. The number of benzene rings is 1. The van der Waals surface area contributed by atoms with Crippen molar-refractivity contribution in [2.24, 2.45) is 0 Å². The van der Waals surface area contributed by atoms with Gasteiger partial charge in [-0.3, -0.25) is 0 Å². The van der Waals surface area contributed by atoms with E-state index >= 15 is 0 Å². The zero-order valence-electron chi connectivity index (χ0n) is 17.0. The Morgan fingerprint density at radius 2 is 1.52 bits per heavy atom. The summed E-state index contributed by atoms with van der Waals surface area (Å²) in [6, 6.07) is 8.73. The Kier molecular flexibility index (Phi) is 15.9. The summed E-state index contributed by atoms with van der Waals surface area (Å²) in [6.45, 7) is 16.3. The fourth-order valence-electron chi connectivity index (χ4n) is 2.58. The minimum absolute atomic E-state index is 1.14. The fourth-order valence-corrected chi connectivity index (χ4v) is 2.58. The van der Waals surface area contributed by atoms with Crippen LogP contribution in [0.3, 0.4) is 0 Å². The van der Waals surface area contributed by atoms with Crippen molar-refractivity contribution >= 4 is 5.69 Å². The van der Waals surface area contributed by atoms with Crippen molar-refractivity contribution in [1.29, 1.82) is 0 Å². The van der Waals surface area contributed by atoms with Crippen LogP contribution in [0.5, 0.6) is 0 Å². The molecule has 23 heavy (non-hydrogen) atoms. The molecule has 0 N–H and O–H groups in total. The number of hydrogen-bond donors (Lipinski definition) is 0. The summed E-state index contributed by atoms with van der Waals surface area (Å²) in [5, 5.41) is 0. The lowest BCUT2D eigenvalue weighted by atomic mass is 10.0. The van der Waals surface area contributed by atoms with E-state index in [9.17, 15) is 0 Å². The van der Waals surface area contributed by atoms with Gasteiger partial charge in [-0.1, -0.05) is 72.7 Å². The van der Waals surface area contributed by atoms with Crippen LogP contribution in [0.2, 0.25) is 0 Å². The molecule has 0 aliphatic carbocycles. The molecule has 1 aliphatic heterocycles. The van der Waals surface area contributed by atoms with Gasteiger partial charge in [-0.05, 0) is 49.5 Å². The molecule has 0 atom stereocenters. The van der Waals surface area contributed by atoms with Crippen molar-refractivity contribution in [1.82, 2.24) is 0 Å².